The smallest absolute Gasteiger partial charge is 0.462 e. The molecule has 7 atom stereocenters. The van der Waals surface area contributed by atoms with E-state index < -0.39 is 97.5 Å². The molecule has 0 saturated carbocycles. The molecule has 0 radical (unpaired) electrons. The highest BCUT2D eigenvalue weighted by Crippen LogP contribution is 2.45. The molecule has 4 unspecified atom stereocenters. The van der Waals surface area contributed by atoms with Crippen LogP contribution in [0.25, 0.3) is 0 Å². The third kappa shape index (κ3) is 64.1. The van der Waals surface area contributed by atoms with Gasteiger partial charge in [-0.05, 0) is 37.5 Å². The minimum absolute atomic E-state index is 0.105. The molecule has 0 fully saturated rings. The van der Waals surface area contributed by atoms with Gasteiger partial charge in [0, 0.05) is 25.7 Å². The van der Waals surface area contributed by atoms with Crippen LogP contribution in [0.15, 0.2) is 0 Å². The molecular weight excluding hydrogens is 1210 g/mol. The van der Waals surface area contributed by atoms with Crippen LogP contribution in [0.2, 0.25) is 0 Å². The Bertz CT molecular complexity index is 1790. The number of hydrogen-bond acceptors (Lipinski definition) is 15. The summed E-state index contributed by atoms with van der Waals surface area (Å²) < 4.78 is 68.4. The number of aliphatic hydroxyl groups is 1. The van der Waals surface area contributed by atoms with Gasteiger partial charge in [0.1, 0.15) is 19.3 Å². The van der Waals surface area contributed by atoms with Gasteiger partial charge in [-0.25, -0.2) is 9.13 Å². The first-order chi connectivity index (χ1) is 44.4. The Morgan fingerprint density at radius 2 is 0.522 bits per heavy atom. The van der Waals surface area contributed by atoms with Gasteiger partial charge in [0.05, 0.1) is 26.4 Å². The summed E-state index contributed by atoms with van der Waals surface area (Å²) in [4.78, 5) is 72.7. The molecular formula is C73H142O17P2. The van der Waals surface area contributed by atoms with Gasteiger partial charge in [0.15, 0.2) is 12.2 Å². The van der Waals surface area contributed by atoms with Gasteiger partial charge in [-0.1, -0.05) is 324 Å². The van der Waals surface area contributed by atoms with Gasteiger partial charge < -0.3 is 33.8 Å². The SMILES string of the molecule is CCCCCCCCCCCCCCCCCC(=O)O[C@H](COC(=O)CCCCCCCCCCCCC(C)CC)COP(=O)(O)OC[C@@H](O)COP(=O)(O)OC[C@@H](COC(=O)CCCCCCCCCCCCC)OC(=O)CCCCCCCCCCC(C)CC. The lowest BCUT2D eigenvalue weighted by Crippen LogP contribution is -2.30. The van der Waals surface area contributed by atoms with Crippen molar-refractivity contribution in [2.24, 2.45) is 11.8 Å². The van der Waals surface area contributed by atoms with Crippen molar-refractivity contribution in [3.63, 3.8) is 0 Å². The number of phosphoric ester groups is 2. The average molecular weight is 1350 g/mol. The second kappa shape index (κ2) is 65.0. The van der Waals surface area contributed by atoms with E-state index in [4.69, 9.17) is 37.0 Å². The third-order valence-electron chi connectivity index (χ3n) is 17.7. The maximum atomic E-state index is 13.1. The minimum atomic E-state index is -4.95. The van der Waals surface area contributed by atoms with Crippen molar-refractivity contribution in [3.05, 3.63) is 0 Å². The summed E-state index contributed by atoms with van der Waals surface area (Å²) in [5, 5.41) is 10.6. The molecule has 0 heterocycles. The Morgan fingerprint density at radius 3 is 0.772 bits per heavy atom. The highest BCUT2D eigenvalue weighted by Gasteiger charge is 2.30. The van der Waals surface area contributed by atoms with Crippen LogP contribution in [0.4, 0.5) is 0 Å². The maximum Gasteiger partial charge on any atom is 0.472 e. The van der Waals surface area contributed by atoms with Crippen molar-refractivity contribution in [2.45, 2.75) is 394 Å². The van der Waals surface area contributed by atoms with Gasteiger partial charge in [-0.3, -0.25) is 37.3 Å². The van der Waals surface area contributed by atoms with E-state index in [1.165, 1.54) is 193 Å². The van der Waals surface area contributed by atoms with Crippen LogP contribution in [0.5, 0.6) is 0 Å². The van der Waals surface area contributed by atoms with Crippen LogP contribution >= 0.6 is 15.6 Å². The van der Waals surface area contributed by atoms with Crippen molar-refractivity contribution >= 4 is 39.5 Å². The maximum absolute atomic E-state index is 13.1. The molecule has 19 heteroatoms. The zero-order valence-corrected chi connectivity index (χ0v) is 61.6. The molecule has 0 amide bonds. The number of rotatable bonds is 72. The topological polar surface area (TPSA) is 237 Å². The summed E-state index contributed by atoms with van der Waals surface area (Å²) in [5.74, 6) is -0.540. The average Bonchev–Trinajstić information content (AvgIpc) is 3.71. The number of ether oxygens (including phenoxy) is 4. The molecule has 0 aromatic heterocycles. The zero-order chi connectivity index (χ0) is 67.9. The number of hydrogen-bond donors (Lipinski definition) is 3. The first-order valence-electron chi connectivity index (χ1n) is 38.1. The van der Waals surface area contributed by atoms with Gasteiger partial charge in [-0.2, -0.15) is 0 Å². The number of phosphoric acid groups is 2. The molecule has 92 heavy (non-hydrogen) atoms. The van der Waals surface area contributed by atoms with Crippen molar-refractivity contribution in [2.75, 3.05) is 39.6 Å². The molecule has 0 rings (SSSR count). The second-order valence-electron chi connectivity index (χ2n) is 26.8. The Morgan fingerprint density at radius 1 is 0.304 bits per heavy atom. The molecule has 0 aliphatic carbocycles. The zero-order valence-electron chi connectivity index (χ0n) is 59.9. The van der Waals surface area contributed by atoms with Crippen LogP contribution in [0.3, 0.4) is 0 Å². The van der Waals surface area contributed by atoms with Gasteiger partial charge >= 0.3 is 39.5 Å². The lowest BCUT2D eigenvalue weighted by atomic mass is 9.99. The molecule has 0 aliphatic rings. The van der Waals surface area contributed by atoms with E-state index in [-0.39, 0.29) is 25.7 Å². The molecule has 0 aliphatic heterocycles. The summed E-state index contributed by atoms with van der Waals surface area (Å²) in [6.07, 6.45) is 51.1. The number of aliphatic hydroxyl groups excluding tert-OH is 1. The monoisotopic (exact) mass is 1350 g/mol. The van der Waals surface area contributed by atoms with Crippen LogP contribution in [0, 0.1) is 11.8 Å². The van der Waals surface area contributed by atoms with Crippen molar-refractivity contribution < 1.29 is 80.2 Å². The fraction of sp³-hybridized carbons (Fsp3) is 0.945. The van der Waals surface area contributed by atoms with Crippen molar-refractivity contribution in [3.8, 4) is 0 Å². The lowest BCUT2D eigenvalue weighted by Gasteiger charge is -2.21. The minimum Gasteiger partial charge on any atom is -0.462 e. The predicted molar refractivity (Wildman–Crippen MR) is 372 cm³/mol. The summed E-state index contributed by atoms with van der Waals surface area (Å²) in [6, 6.07) is 0. The first kappa shape index (κ1) is 90.1. The summed E-state index contributed by atoms with van der Waals surface area (Å²) in [6.45, 7) is 9.60. The fourth-order valence-electron chi connectivity index (χ4n) is 11.1. The summed E-state index contributed by atoms with van der Waals surface area (Å²) in [7, 11) is -9.91. The van der Waals surface area contributed by atoms with Crippen molar-refractivity contribution in [1.82, 2.24) is 0 Å². The molecule has 0 aromatic carbocycles. The van der Waals surface area contributed by atoms with Gasteiger partial charge in [0.25, 0.3) is 0 Å². The van der Waals surface area contributed by atoms with Crippen LogP contribution in [-0.4, -0.2) is 96.7 Å². The summed E-state index contributed by atoms with van der Waals surface area (Å²) >= 11 is 0. The van der Waals surface area contributed by atoms with Crippen LogP contribution in [-0.2, 0) is 65.4 Å². The standard InChI is InChI=1S/C73H142O17P2/c1-7-11-13-15-17-19-21-22-23-24-26-32-39-45-51-57-72(77)89-68(61-84-71(76)56-50-44-38-31-28-27-29-35-41-47-53-65(5)9-3)63-87-91(79,80)85-59-67(74)60-86-92(81,82)88-64-69(62-83-70(75)55-49-43-37-30-25-20-18-16-14-12-8-2)90-73(78)58-52-46-40-34-33-36-42-48-54-66(6)10-4/h65-69,74H,7-64H2,1-6H3,(H,79,80)(H,81,82)/t65?,66?,67-,68-,69-/m1/s1. The molecule has 0 aromatic rings. The highest BCUT2D eigenvalue weighted by molar-refractivity contribution is 7.47. The van der Waals surface area contributed by atoms with E-state index >= 15 is 0 Å². The summed E-state index contributed by atoms with van der Waals surface area (Å²) in [5.41, 5.74) is 0. The highest BCUT2D eigenvalue weighted by atomic mass is 31.2. The van der Waals surface area contributed by atoms with E-state index in [9.17, 15) is 43.2 Å². The number of esters is 4. The molecule has 0 bridgehead atoms. The Labute approximate surface area is 562 Å². The van der Waals surface area contributed by atoms with Crippen LogP contribution in [0.1, 0.15) is 375 Å². The molecule has 17 nitrogen and oxygen atoms in total. The van der Waals surface area contributed by atoms with Gasteiger partial charge in [-0.15, -0.1) is 0 Å². The van der Waals surface area contributed by atoms with E-state index in [1.54, 1.807) is 0 Å². The predicted octanol–water partition coefficient (Wildman–Crippen LogP) is 21.2. The van der Waals surface area contributed by atoms with Crippen LogP contribution < -0.4 is 0 Å². The molecule has 0 spiro atoms. The Hall–Kier alpha value is -1.94. The van der Waals surface area contributed by atoms with E-state index in [1.807, 2.05) is 0 Å². The lowest BCUT2D eigenvalue weighted by molar-refractivity contribution is -0.161. The van der Waals surface area contributed by atoms with E-state index in [2.05, 4.69) is 41.5 Å². The molecule has 0 saturated heterocycles. The normalized spacial score (nSPS) is 14.7. The Kier molecular flexibility index (Phi) is 63.7. The van der Waals surface area contributed by atoms with Crippen molar-refractivity contribution in [1.29, 1.82) is 0 Å². The second-order valence-corrected chi connectivity index (χ2v) is 29.7. The Balaban J connectivity index is 5.27. The molecule has 3 N–H and O–H groups in total. The molecule has 546 valence electrons. The fourth-order valence-corrected chi connectivity index (χ4v) is 12.6. The first-order valence-corrected chi connectivity index (χ1v) is 41.1. The number of unbranched alkanes of at least 4 members (excludes halogenated alkanes) is 40. The van der Waals surface area contributed by atoms with E-state index in [0.717, 1.165) is 102 Å². The quantitative estimate of drug-likeness (QED) is 0.0222. The third-order valence-corrected chi connectivity index (χ3v) is 19.6. The largest absolute Gasteiger partial charge is 0.472 e. The van der Waals surface area contributed by atoms with Gasteiger partial charge in [0.2, 0.25) is 0 Å². The number of carbonyl (C=O) groups excluding carboxylic acids is 4. The number of carbonyl (C=O) groups is 4. The van der Waals surface area contributed by atoms with E-state index in [0.29, 0.717) is 25.7 Å².